The van der Waals surface area contributed by atoms with Crippen LogP contribution in [0.2, 0.25) is 0 Å². The molecule has 6 nitrogen and oxygen atoms in total. The highest BCUT2D eigenvalue weighted by Gasteiger charge is 2.34. The Labute approximate surface area is 151 Å². The van der Waals surface area contributed by atoms with Crippen LogP contribution in [0.5, 0.6) is 11.5 Å². The summed E-state index contributed by atoms with van der Waals surface area (Å²) in [4.78, 5) is 17.4. The molecular weight excluding hydrogens is 330 g/mol. The number of imidazole rings is 1. The molecule has 4 rings (SSSR count). The molecule has 2 atom stereocenters. The van der Waals surface area contributed by atoms with Crippen LogP contribution in [0.25, 0.3) is 11.0 Å². The number of carbonyl (C=O) groups excluding carboxylic acids is 1. The molecule has 2 heterocycles. The third kappa shape index (κ3) is 2.87. The van der Waals surface area contributed by atoms with Crippen molar-refractivity contribution in [3.05, 3.63) is 48.5 Å². The van der Waals surface area contributed by atoms with Crippen LogP contribution in [0.15, 0.2) is 48.5 Å². The van der Waals surface area contributed by atoms with Crippen molar-refractivity contribution in [2.24, 2.45) is 0 Å². The van der Waals surface area contributed by atoms with Gasteiger partial charge in [-0.2, -0.15) is 0 Å². The van der Waals surface area contributed by atoms with Crippen LogP contribution in [0.4, 0.5) is 5.95 Å². The Balaban J connectivity index is 1.60. The van der Waals surface area contributed by atoms with Gasteiger partial charge in [0.25, 0.3) is 5.91 Å². The fourth-order valence-corrected chi connectivity index (χ4v) is 3.21. The highest BCUT2D eigenvalue weighted by atomic mass is 16.6. The van der Waals surface area contributed by atoms with Crippen LogP contribution in [0.1, 0.15) is 20.3 Å². The summed E-state index contributed by atoms with van der Waals surface area (Å²) in [6.45, 7) is 4.70. The van der Waals surface area contributed by atoms with Crippen molar-refractivity contribution in [2.45, 2.75) is 39.0 Å². The van der Waals surface area contributed by atoms with Gasteiger partial charge in [-0.3, -0.25) is 10.1 Å². The molecule has 0 bridgehead atoms. The highest BCUT2D eigenvalue weighted by Crippen LogP contribution is 2.33. The van der Waals surface area contributed by atoms with Crippen LogP contribution < -0.4 is 14.8 Å². The second kappa shape index (κ2) is 6.71. The summed E-state index contributed by atoms with van der Waals surface area (Å²) >= 11 is 0. The van der Waals surface area contributed by atoms with Gasteiger partial charge in [0.15, 0.2) is 11.5 Å². The van der Waals surface area contributed by atoms with E-state index in [0.717, 1.165) is 24.0 Å². The molecule has 0 saturated heterocycles. The van der Waals surface area contributed by atoms with E-state index in [1.807, 2.05) is 54.0 Å². The normalized spacial score (nSPS) is 18.7. The van der Waals surface area contributed by atoms with Crippen LogP contribution in [-0.2, 0) is 11.3 Å². The number of anilines is 1. The molecule has 0 fully saturated rings. The lowest BCUT2D eigenvalue weighted by Crippen LogP contribution is -2.46. The van der Waals surface area contributed by atoms with Crippen molar-refractivity contribution in [2.75, 3.05) is 5.32 Å². The maximum absolute atomic E-state index is 12.9. The Morgan fingerprint density at radius 2 is 1.81 bits per heavy atom. The summed E-state index contributed by atoms with van der Waals surface area (Å²) in [5.74, 6) is 1.50. The predicted octanol–water partition coefficient (Wildman–Crippen LogP) is 3.61. The number of nitrogens with one attached hydrogen (secondary N) is 1. The van der Waals surface area contributed by atoms with Gasteiger partial charge < -0.3 is 14.0 Å². The predicted molar refractivity (Wildman–Crippen MR) is 99.6 cm³/mol. The van der Waals surface area contributed by atoms with E-state index in [-0.39, 0.29) is 5.91 Å². The lowest BCUT2D eigenvalue weighted by atomic mass is 10.1. The number of para-hydroxylation sites is 4. The lowest BCUT2D eigenvalue weighted by molar-refractivity contribution is -0.128. The molecule has 134 valence electrons. The van der Waals surface area contributed by atoms with Gasteiger partial charge in [0, 0.05) is 6.54 Å². The Morgan fingerprint density at radius 1 is 1.12 bits per heavy atom. The zero-order valence-electron chi connectivity index (χ0n) is 14.8. The quantitative estimate of drug-likeness (QED) is 0.780. The molecule has 0 spiro atoms. The van der Waals surface area contributed by atoms with Gasteiger partial charge in [-0.25, -0.2) is 4.98 Å². The van der Waals surface area contributed by atoms with Crippen molar-refractivity contribution in [1.29, 1.82) is 0 Å². The van der Waals surface area contributed by atoms with Crippen LogP contribution >= 0.6 is 0 Å². The van der Waals surface area contributed by atoms with E-state index < -0.39 is 12.2 Å². The largest absolute Gasteiger partial charge is 0.482 e. The maximum atomic E-state index is 12.9. The summed E-state index contributed by atoms with van der Waals surface area (Å²) in [5.41, 5.74) is 1.86. The van der Waals surface area contributed by atoms with E-state index in [9.17, 15) is 4.79 Å². The first-order valence-corrected chi connectivity index (χ1v) is 8.86. The van der Waals surface area contributed by atoms with Crippen molar-refractivity contribution < 1.29 is 14.3 Å². The minimum atomic E-state index is -0.736. The number of amides is 1. The molecule has 1 aliphatic heterocycles. The van der Waals surface area contributed by atoms with Gasteiger partial charge in [-0.15, -0.1) is 0 Å². The van der Waals surface area contributed by atoms with Crippen LogP contribution in [0, 0.1) is 0 Å². The molecule has 1 aliphatic rings. The Morgan fingerprint density at radius 3 is 2.58 bits per heavy atom. The summed E-state index contributed by atoms with van der Waals surface area (Å²) in [6.07, 6.45) is -0.190. The molecule has 26 heavy (non-hydrogen) atoms. The average molecular weight is 351 g/mol. The Bertz CT molecular complexity index is 950. The van der Waals surface area contributed by atoms with Crippen molar-refractivity contribution >= 4 is 22.9 Å². The van der Waals surface area contributed by atoms with Gasteiger partial charge in [0.1, 0.15) is 6.10 Å². The minimum Gasteiger partial charge on any atom is -0.482 e. The topological polar surface area (TPSA) is 65.4 Å². The van der Waals surface area contributed by atoms with Gasteiger partial charge in [-0.05, 0) is 37.6 Å². The van der Waals surface area contributed by atoms with E-state index in [2.05, 4.69) is 17.2 Å². The molecule has 6 heteroatoms. The van der Waals surface area contributed by atoms with E-state index in [1.165, 1.54) is 0 Å². The van der Waals surface area contributed by atoms with Gasteiger partial charge in [0.2, 0.25) is 12.1 Å². The van der Waals surface area contributed by atoms with Crippen molar-refractivity contribution in [1.82, 2.24) is 9.55 Å². The summed E-state index contributed by atoms with van der Waals surface area (Å²) in [7, 11) is 0. The maximum Gasteiger partial charge on any atom is 0.271 e. The second-order valence-corrected chi connectivity index (χ2v) is 6.37. The van der Waals surface area contributed by atoms with Gasteiger partial charge in [0.05, 0.1) is 11.0 Å². The summed E-state index contributed by atoms with van der Waals surface area (Å²) < 4.78 is 13.7. The van der Waals surface area contributed by atoms with E-state index in [0.29, 0.717) is 17.4 Å². The Hall–Kier alpha value is -3.02. The SMILES string of the molecule is CCCn1c(NC(=O)[C@H]2Oc3ccccc3O[C@@H]2C)nc2ccccc21. The number of carbonyl (C=O) groups is 1. The molecule has 1 amide bonds. The lowest BCUT2D eigenvalue weighted by Gasteiger charge is -2.30. The molecule has 1 aromatic heterocycles. The molecule has 1 N–H and O–H groups in total. The zero-order chi connectivity index (χ0) is 18.1. The summed E-state index contributed by atoms with van der Waals surface area (Å²) in [5, 5.41) is 2.92. The molecule has 3 aromatic rings. The number of fused-ring (bicyclic) bond motifs is 2. The number of benzene rings is 2. The second-order valence-electron chi connectivity index (χ2n) is 6.37. The number of aryl methyl sites for hydroxylation is 1. The molecule has 0 saturated carbocycles. The van der Waals surface area contributed by atoms with Crippen LogP contribution in [0.3, 0.4) is 0 Å². The van der Waals surface area contributed by atoms with Gasteiger partial charge in [-0.1, -0.05) is 31.2 Å². The standard InChI is InChI=1S/C20H21N3O3/c1-3-12-23-15-9-5-4-8-14(15)21-20(23)22-19(24)18-13(2)25-16-10-6-7-11-17(16)26-18/h4-11,13,18H,3,12H2,1-2H3,(H,21,22,24)/t13-,18+/m1/s1. The molecular formula is C20H21N3O3. The highest BCUT2D eigenvalue weighted by molar-refractivity contribution is 5.95. The van der Waals surface area contributed by atoms with Gasteiger partial charge >= 0.3 is 0 Å². The number of aromatic nitrogens is 2. The number of nitrogens with zero attached hydrogens (tertiary/aromatic N) is 2. The molecule has 0 aliphatic carbocycles. The van der Waals surface area contributed by atoms with Crippen LogP contribution in [-0.4, -0.2) is 27.7 Å². The number of hydrogen-bond donors (Lipinski definition) is 1. The van der Waals surface area contributed by atoms with E-state index >= 15 is 0 Å². The molecule has 2 aromatic carbocycles. The number of rotatable bonds is 4. The smallest absolute Gasteiger partial charge is 0.271 e. The Kier molecular flexibility index (Phi) is 4.24. The monoisotopic (exact) mass is 351 g/mol. The first-order chi connectivity index (χ1) is 12.7. The third-order valence-corrected chi connectivity index (χ3v) is 4.44. The molecule has 0 radical (unpaired) electrons. The minimum absolute atomic E-state index is 0.264. The average Bonchev–Trinajstić information content (AvgIpc) is 2.99. The summed E-state index contributed by atoms with van der Waals surface area (Å²) in [6, 6.07) is 15.2. The first kappa shape index (κ1) is 16.4. The van der Waals surface area contributed by atoms with E-state index in [1.54, 1.807) is 6.07 Å². The zero-order valence-corrected chi connectivity index (χ0v) is 14.8. The number of ether oxygens (including phenoxy) is 2. The van der Waals surface area contributed by atoms with Crippen molar-refractivity contribution in [3.63, 3.8) is 0 Å². The van der Waals surface area contributed by atoms with Crippen molar-refractivity contribution in [3.8, 4) is 11.5 Å². The third-order valence-electron chi connectivity index (χ3n) is 4.44. The fourth-order valence-electron chi connectivity index (χ4n) is 3.21. The fraction of sp³-hybridized carbons (Fsp3) is 0.300. The molecule has 0 unspecified atom stereocenters. The number of hydrogen-bond acceptors (Lipinski definition) is 4. The first-order valence-electron chi connectivity index (χ1n) is 8.86. The van der Waals surface area contributed by atoms with E-state index in [4.69, 9.17) is 9.47 Å².